The first-order chi connectivity index (χ1) is 20.9. The number of H-pyrrole nitrogens is 1. The van der Waals surface area contributed by atoms with Gasteiger partial charge in [-0.05, 0) is 67.5 Å². The van der Waals surface area contributed by atoms with Crippen LogP contribution in [0.5, 0.6) is 0 Å². The highest BCUT2D eigenvalue weighted by Crippen LogP contribution is 2.38. The maximum Gasteiger partial charge on any atom is 0.416 e. The summed E-state index contributed by atoms with van der Waals surface area (Å²) in [6, 6.07) is 8.88. The molecule has 1 fully saturated rings. The molecule has 5 aromatic rings. The number of rotatable bonds is 6. The van der Waals surface area contributed by atoms with Crippen molar-refractivity contribution in [1.29, 1.82) is 0 Å². The number of alkyl halides is 3. The molecule has 11 nitrogen and oxygen atoms in total. The standard InChI is InChI=1S/C27H26F3N9O2S3/c1-3-21-35-36-25(43-21)37-44(40,41)17-6-4-16(5-7-17)33-26(42)39-10-8-38(9-11-39)24-22-18-12-15(2)19(27(28,29)30)13-20(18)34-23(22)31-14-32-24/h4-7,12-14H,3,8-11H2,1-2H3,(H,33,42)(H,36,37)(H,31,32,34). The number of aryl methyl sites for hydroxylation is 2. The van der Waals surface area contributed by atoms with E-state index in [2.05, 4.69) is 40.1 Å². The maximum absolute atomic E-state index is 13.5. The monoisotopic (exact) mass is 661 g/mol. The first kappa shape index (κ1) is 30.0. The summed E-state index contributed by atoms with van der Waals surface area (Å²) >= 11 is 6.82. The average molecular weight is 662 g/mol. The van der Waals surface area contributed by atoms with Crippen LogP contribution in [-0.4, -0.2) is 69.8 Å². The van der Waals surface area contributed by atoms with E-state index in [4.69, 9.17) is 12.2 Å². The fraction of sp³-hybridized carbons (Fsp3) is 0.296. The molecule has 0 bridgehead atoms. The van der Waals surface area contributed by atoms with E-state index in [9.17, 15) is 21.6 Å². The highest BCUT2D eigenvalue weighted by atomic mass is 32.2. The number of hydrogen-bond acceptors (Lipinski definition) is 9. The van der Waals surface area contributed by atoms with Crippen molar-refractivity contribution >= 4 is 77.3 Å². The van der Waals surface area contributed by atoms with Gasteiger partial charge in [-0.25, -0.2) is 18.4 Å². The van der Waals surface area contributed by atoms with Gasteiger partial charge in [0.2, 0.25) is 5.13 Å². The molecule has 0 unspecified atom stereocenters. The predicted octanol–water partition coefficient (Wildman–Crippen LogP) is 5.17. The lowest BCUT2D eigenvalue weighted by Gasteiger charge is -2.37. The minimum absolute atomic E-state index is 0.0779. The molecule has 1 aliphatic heterocycles. The molecule has 1 aliphatic rings. The van der Waals surface area contributed by atoms with Crippen molar-refractivity contribution in [2.24, 2.45) is 0 Å². The zero-order valence-corrected chi connectivity index (χ0v) is 25.9. The van der Waals surface area contributed by atoms with Gasteiger partial charge < -0.3 is 20.1 Å². The fourth-order valence-corrected chi connectivity index (χ4v) is 7.27. The SMILES string of the molecule is CCc1nnc(NS(=O)(=O)c2ccc(NC(=S)N3CCN(c4ncnc5[nH]c6cc(C(F)(F)F)c(C)cc6c45)CC3)cc2)s1. The van der Waals surface area contributed by atoms with Crippen molar-refractivity contribution in [2.75, 3.05) is 41.1 Å². The molecule has 0 saturated carbocycles. The van der Waals surface area contributed by atoms with Crippen LogP contribution in [0.3, 0.4) is 0 Å². The van der Waals surface area contributed by atoms with Crippen molar-refractivity contribution in [3.05, 3.63) is 58.9 Å². The number of sulfonamides is 1. The van der Waals surface area contributed by atoms with Gasteiger partial charge >= 0.3 is 6.18 Å². The first-order valence-electron chi connectivity index (χ1n) is 13.5. The van der Waals surface area contributed by atoms with E-state index in [0.29, 0.717) is 71.2 Å². The third-order valence-electron chi connectivity index (χ3n) is 7.29. The summed E-state index contributed by atoms with van der Waals surface area (Å²) in [5, 5.41) is 13.7. The molecular formula is C27H26F3N9O2S3. The van der Waals surface area contributed by atoms with Crippen LogP contribution >= 0.6 is 23.6 Å². The topological polar surface area (TPSA) is 132 Å². The van der Waals surface area contributed by atoms with Crippen LogP contribution in [-0.2, 0) is 22.6 Å². The van der Waals surface area contributed by atoms with Crippen molar-refractivity contribution < 1.29 is 21.6 Å². The molecule has 3 aromatic heterocycles. The van der Waals surface area contributed by atoms with Gasteiger partial charge in [0.1, 0.15) is 22.8 Å². The molecule has 0 amide bonds. The Morgan fingerprint density at radius 1 is 1.09 bits per heavy atom. The second-order valence-electron chi connectivity index (χ2n) is 10.1. The van der Waals surface area contributed by atoms with Crippen LogP contribution in [0.1, 0.15) is 23.1 Å². The van der Waals surface area contributed by atoms with Gasteiger partial charge in [0.15, 0.2) is 5.11 Å². The highest BCUT2D eigenvalue weighted by molar-refractivity contribution is 7.93. The Kier molecular flexibility index (Phi) is 7.79. The lowest BCUT2D eigenvalue weighted by molar-refractivity contribution is -0.137. The summed E-state index contributed by atoms with van der Waals surface area (Å²) in [5.74, 6) is 0.642. The number of halogens is 3. The molecule has 0 atom stereocenters. The second kappa shape index (κ2) is 11.4. The molecule has 230 valence electrons. The molecule has 4 heterocycles. The van der Waals surface area contributed by atoms with E-state index in [1.165, 1.54) is 42.8 Å². The van der Waals surface area contributed by atoms with Crippen LogP contribution in [0, 0.1) is 6.92 Å². The van der Waals surface area contributed by atoms with Crippen molar-refractivity contribution in [3.63, 3.8) is 0 Å². The van der Waals surface area contributed by atoms with Gasteiger partial charge in [-0.15, -0.1) is 10.2 Å². The smallest absolute Gasteiger partial charge is 0.352 e. The number of hydrogen-bond donors (Lipinski definition) is 3. The van der Waals surface area contributed by atoms with E-state index >= 15 is 0 Å². The Morgan fingerprint density at radius 2 is 1.82 bits per heavy atom. The van der Waals surface area contributed by atoms with Crippen LogP contribution in [0.25, 0.3) is 21.9 Å². The first-order valence-corrected chi connectivity index (χ1v) is 16.2. The number of thiocarbonyl (C=S) groups is 1. The fourth-order valence-electron chi connectivity index (χ4n) is 5.06. The molecule has 1 saturated heterocycles. The van der Waals surface area contributed by atoms with E-state index in [0.717, 1.165) is 11.1 Å². The number of aromatic amines is 1. The Labute approximate surface area is 259 Å². The highest BCUT2D eigenvalue weighted by Gasteiger charge is 2.33. The predicted molar refractivity (Wildman–Crippen MR) is 168 cm³/mol. The molecule has 0 radical (unpaired) electrons. The quantitative estimate of drug-likeness (QED) is 0.210. The zero-order valence-electron chi connectivity index (χ0n) is 23.4. The molecule has 44 heavy (non-hydrogen) atoms. The number of benzene rings is 2. The Morgan fingerprint density at radius 3 is 2.48 bits per heavy atom. The van der Waals surface area contributed by atoms with Crippen LogP contribution in [0.15, 0.2) is 47.6 Å². The lowest BCUT2D eigenvalue weighted by atomic mass is 10.0. The Bertz CT molecular complexity index is 1970. The summed E-state index contributed by atoms with van der Waals surface area (Å²) < 4.78 is 68.4. The van der Waals surface area contributed by atoms with Crippen molar-refractivity contribution in [1.82, 2.24) is 30.0 Å². The minimum Gasteiger partial charge on any atom is -0.352 e. The van der Waals surface area contributed by atoms with Crippen LogP contribution < -0.4 is 14.9 Å². The largest absolute Gasteiger partial charge is 0.416 e. The zero-order chi connectivity index (χ0) is 31.2. The molecular weight excluding hydrogens is 636 g/mol. The van der Waals surface area contributed by atoms with Gasteiger partial charge in [0.05, 0.1) is 15.8 Å². The number of fused-ring (bicyclic) bond motifs is 3. The maximum atomic E-state index is 13.5. The number of piperazine rings is 1. The normalized spacial score (nSPS) is 14.4. The number of aromatic nitrogens is 5. The summed E-state index contributed by atoms with van der Waals surface area (Å²) in [6.45, 7) is 5.62. The molecule has 0 aliphatic carbocycles. The third-order valence-corrected chi connectivity index (χ3v) is 10.1. The molecule has 6 rings (SSSR count). The van der Waals surface area contributed by atoms with Crippen LogP contribution in [0.4, 0.5) is 29.8 Å². The van der Waals surface area contributed by atoms with Gasteiger partial charge in [0, 0.05) is 42.8 Å². The summed E-state index contributed by atoms with van der Waals surface area (Å²) in [7, 11) is -3.82. The van der Waals surface area contributed by atoms with Gasteiger partial charge in [-0.3, -0.25) is 4.72 Å². The number of nitrogens with one attached hydrogen (secondary N) is 3. The Balaban J connectivity index is 1.12. The summed E-state index contributed by atoms with van der Waals surface area (Å²) in [6.07, 6.45) is -2.39. The van der Waals surface area contributed by atoms with E-state index in [-0.39, 0.29) is 15.6 Å². The van der Waals surface area contributed by atoms with E-state index in [1.807, 2.05) is 11.8 Å². The molecule has 0 spiro atoms. The average Bonchev–Trinajstić information content (AvgIpc) is 3.60. The van der Waals surface area contributed by atoms with Crippen molar-refractivity contribution in [2.45, 2.75) is 31.3 Å². The summed E-state index contributed by atoms with van der Waals surface area (Å²) in [5.41, 5.74) is 0.895. The molecule has 2 aromatic carbocycles. The lowest BCUT2D eigenvalue weighted by Crippen LogP contribution is -2.50. The van der Waals surface area contributed by atoms with E-state index < -0.39 is 21.8 Å². The third kappa shape index (κ3) is 5.86. The molecule has 3 N–H and O–H groups in total. The van der Waals surface area contributed by atoms with Crippen molar-refractivity contribution in [3.8, 4) is 0 Å². The van der Waals surface area contributed by atoms with Gasteiger partial charge in [-0.2, -0.15) is 13.2 Å². The van der Waals surface area contributed by atoms with E-state index in [1.54, 1.807) is 12.1 Å². The summed E-state index contributed by atoms with van der Waals surface area (Å²) in [4.78, 5) is 15.9. The van der Waals surface area contributed by atoms with Crippen LogP contribution in [0.2, 0.25) is 0 Å². The minimum atomic E-state index is -4.46. The number of anilines is 3. The second-order valence-corrected chi connectivity index (χ2v) is 13.3. The van der Waals surface area contributed by atoms with Gasteiger partial charge in [0.25, 0.3) is 10.0 Å². The van der Waals surface area contributed by atoms with Gasteiger partial charge in [-0.1, -0.05) is 18.3 Å². The number of nitrogens with zero attached hydrogens (tertiary/aromatic N) is 6. The Hall–Kier alpha value is -4.09. The molecule has 17 heteroatoms.